The van der Waals surface area contributed by atoms with Gasteiger partial charge < -0.3 is 14.1 Å². The minimum atomic E-state index is -1.15. The van der Waals surface area contributed by atoms with Crippen molar-refractivity contribution < 1.29 is 14.3 Å². The third-order valence-corrected chi connectivity index (χ3v) is 2.86. The first-order chi connectivity index (χ1) is 8.09. The van der Waals surface area contributed by atoms with Crippen molar-refractivity contribution in [3.8, 4) is 0 Å². The number of pyridine rings is 1. The summed E-state index contributed by atoms with van der Waals surface area (Å²) in [4.78, 5) is 22.5. The highest BCUT2D eigenvalue weighted by atomic mass is 79.9. The highest BCUT2D eigenvalue weighted by Gasteiger charge is 2.14. The Hall–Kier alpha value is -1.82. The molecule has 17 heavy (non-hydrogen) atoms. The lowest BCUT2D eigenvalue weighted by atomic mass is 10.2. The number of furan rings is 1. The lowest BCUT2D eigenvalue weighted by Crippen LogP contribution is -2.20. The summed E-state index contributed by atoms with van der Waals surface area (Å²) < 4.78 is 6.68. The van der Waals surface area contributed by atoms with Crippen LogP contribution in [0.4, 0.5) is 0 Å². The first kappa shape index (κ1) is 11.7. The Morgan fingerprint density at radius 3 is 2.94 bits per heavy atom. The number of halogens is 1. The number of hydrogen-bond donors (Lipinski definition) is 1. The Bertz CT molecular complexity index is 614. The molecule has 2 rings (SSSR count). The Labute approximate surface area is 104 Å². The minimum Gasteiger partial charge on any atom is -0.475 e. The van der Waals surface area contributed by atoms with Crippen molar-refractivity contribution >= 4 is 21.9 Å². The zero-order chi connectivity index (χ0) is 12.4. The van der Waals surface area contributed by atoms with Crippen molar-refractivity contribution in [2.24, 2.45) is 0 Å². The minimum absolute atomic E-state index is 0.142. The van der Waals surface area contributed by atoms with Gasteiger partial charge in [0.15, 0.2) is 0 Å². The molecule has 0 fully saturated rings. The van der Waals surface area contributed by atoms with Gasteiger partial charge in [0, 0.05) is 11.8 Å². The molecule has 5 nitrogen and oxygen atoms in total. The molecule has 0 bridgehead atoms. The molecule has 1 N–H and O–H groups in total. The van der Waals surface area contributed by atoms with Gasteiger partial charge in [-0.15, -0.1) is 0 Å². The lowest BCUT2D eigenvalue weighted by Gasteiger charge is -2.04. The molecule has 2 aromatic rings. The number of carboxylic acids is 1. The van der Waals surface area contributed by atoms with Gasteiger partial charge in [-0.3, -0.25) is 4.79 Å². The van der Waals surface area contributed by atoms with E-state index in [1.807, 2.05) is 0 Å². The zero-order valence-corrected chi connectivity index (χ0v) is 10.2. The van der Waals surface area contributed by atoms with E-state index in [-0.39, 0.29) is 17.9 Å². The van der Waals surface area contributed by atoms with E-state index in [4.69, 9.17) is 9.52 Å². The van der Waals surface area contributed by atoms with E-state index < -0.39 is 5.97 Å². The van der Waals surface area contributed by atoms with Crippen LogP contribution in [-0.4, -0.2) is 15.6 Å². The van der Waals surface area contributed by atoms with Crippen LogP contribution in [0.5, 0.6) is 0 Å². The van der Waals surface area contributed by atoms with E-state index in [2.05, 4.69) is 15.9 Å². The van der Waals surface area contributed by atoms with Crippen molar-refractivity contribution in [1.82, 2.24) is 4.57 Å². The Kier molecular flexibility index (Phi) is 3.14. The summed E-state index contributed by atoms with van der Waals surface area (Å²) in [6, 6.07) is 4.87. The smallest absolute Gasteiger partial charge is 0.372 e. The third-order valence-electron chi connectivity index (χ3n) is 2.26. The predicted octanol–water partition coefficient (Wildman–Crippen LogP) is 1.95. The standard InChI is InChI=1S/C11H8BrNO4/c12-8-2-1-4-13(10(8)14)6-7-3-5-17-9(7)11(15)16/h1-5H,6H2,(H,15,16). The summed E-state index contributed by atoms with van der Waals surface area (Å²) in [7, 11) is 0. The van der Waals surface area contributed by atoms with Gasteiger partial charge in [0.2, 0.25) is 5.76 Å². The van der Waals surface area contributed by atoms with Crippen LogP contribution in [0.25, 0.3) is 0 Å². The van der Waals surface area contributed by atoms with Gasteiger partial charge in [-0.1, -0.05) is 0 Å². The molecule has 2 heterocycles. The fourth-order valence-corrected chi connectivity index (χ4v) is 1.84. The molecule has 0 atom stereocenters. The number of rotatable bonds is 3. The van der Waals surface area contributed by atoms with Crippen LogP contribution >= 0.6 is 15.9 Å². The number of carbonyl (C=O) groups is 1. The van der Waals surface area contributed by atoms with Gasteiger partial charge in [-0.2, -0.15) is 0 Å². The summed E-state index contributed by atoms with van der Waals surface area (Å²) >= 11 is 3.12. The Morgan fingerprint density at radius 2 is 2.24 bits per heavy atom. The lowest BCUT2D eigenvalue weighted by molar-refractivity contribution is 0.0660. The second kappa shape index (κ2) is 4.58. The van der Waals surface area contributed by atoms with Gasteiger partial charge >= 0.3 is 5.97 Å². The quantitative estimate of drug-likeness (QED) is 0.940. The van der Waals surface area contributed by atoms with E-state index >= 15 is 0 Å². The van der Waals surface area contributed by atoms with Gasteiger partial charge in [0.05, 0.1) is 17.3 Å². The van der Waals surface area contributed by atoms with Gasteiger partial charge in [-0.25, -0.2) is 4.79 Å². The van der Waals surface area contributed by atoms with Crippen molar-refractivity contribution in [2.75, 3.05) is 0 Å². The topological polar surface area (TPSA) is 72.4 Å². The summed E-state index contributed by atoms with van der Waals surface area (Å²) in [6.45, 7) is 0.163. The predicted molar refractivity (Wildman–Crippen MR) is 63.2 cm³/mol. The molecular weight excluding hydrogens is 290 g/mol. The highest BCUT2D eigenvalue weighted by molar-refractivity contribution is 9.10. The molecular formula is C11H8BrNO4. The normalized spacial score (nSPS) is 10.4. The molecule has 2 aromatic heterocycles. The number of aromatic carboxylic acids is 1. The molecule has 0 radical (unpaired) electrons. The van der Waals surface area contributed by atoms with Gasteiger partial charge in [0.1, 0.15) is 0 Å². The van der Waals surface area contributed by atoms with E-state index in [9.17, 15) is 9.59 Å². The maximum Gasteiger partial charge on any atom is 0.372 e. The van der Waals surface area contributed by atoms with Gasteiger partial charge in [-0.05, 0) is 34.1 Å². The Morgan fingerprint density at radius 1 is 1.47 bits per heavy atom. The van der Waals surface area contributed by atoms with Crippen LogP contribution in [0.3, 0.4) is 0 Å². The molecule has 0 unspecified atom stereocenters. The fourth-order valence-electron chi connectivity index (χ4n) is 1.46. The van der Waals surface area contributed by atoms with E-state index in [0.717, 1.165) is 0 Å². The molecule has 0 saturated heterocycles. The van der Waals surface area contributed by atoms with Crippen LogP contribution in [0, 0.1) is 0 Å². The van der Waals surface area contributed by atoms with E-state index in [0.29, 0.717) is 10.0 Å². The van der Waals surface area contributed by atoms with E-state index in [1.165, 1.54) is 16.9 Å². The number of hydrogen-bond acceptors (Lipinski definition) is 3. The molecule has 0 aromatic carbocycles. The summed E-state index contributed by atoms with van der Waals surface area (Å²) in [5.74, 6) is -1.29. The fraction of sp³-hybridized carbons (Fsp3) is 0.0909. The van der Waals surface area contributed by atoms with Crippen molar-refractivity contribution in [2.45, 2.75) is 6.54 Å². The SMILES string of the molecule is O=C(O)c1occc1Cn1cccc(Br)c1=O. The van der Waals surface area contributed by atoms with Crippen LogP contribution in [0.1, 0.15) is 16.1 Å². The summed E-state index contributed by atoms with van der Waals surface area (Å²) in [5, 5.41) is 8.87. The summed E-state index contributed by atoms with van der Waals surface area (Å²) in [6.07, 6.45) is 2.88. The van der Waals surface area contributed by atoms with Crippen LogP contribution in [-0.2, 0) is 6.54 Å². The summed E-state index contributed by atoms with van der Waals surface area (Å²) in [5.41, 5.74) is 0.239. The van der Waals surface area contributed by atoms with Crippen molar-refractivity contribution in [3.05, 3.63) is 56.8 Å². The van der Waals surface area contributed by atoms with Crippen LogP contribution < -0.4 is 5.56 Å². The van der Waals surface area contributed by atoms with Crippen molar-refractivity contribution in [3.63, 3.8) is 0 Å². The molecule has 0 saturated carbocycles. The molecule has 6 heteroatoms. The van der Waals surface area contributed by atoms with E-state index in [1.54, 1.807) is 18.3 Å². The first-order valence-electron chi connectivity index (χ1n) is 4.74. The number of carboxylic acid groups (broad SMARTS) is 1. The van der Waals surface area contributed by atoms with Crippen LogP contribution in [0.2, 0.25) is 0 Å². The van der Waals surface area contributed by atoms with Gasteiger partial charge in [0.25, 0.3) is 5.56 Å². The molecule has 0 aliphatic carbocycles. The zero-order valence-electron chi connectivity index (χ0n) is 8.59. The first-order valence-corrected chi connectivity index (χ1v) is 5.53. The average Bonchev–Trinajstić information content (AvgIpc) is 2.73. The monoisotopic (exact) mass is 297 g/mol. The molecule has 0 amide bonds. The maximum atomic E-state index is 11.7. The maximum absolute atomic E-state index is 11.7. The Balaban J connectivity index is 2.38. The van der Waals surface area contributed by atoms with Crippen LogP contribution in [0.15, 0.2) is 44.3 Å². The number of aromatic nitrogens is 1. The molecule has 88 valence electrons. The molecule has 0 spiro atoms. The largest absolute Gasteiger partial charge is 0.475 e. The third kappa shape index (κ3) is 2.31. The average molecular weight is 298 g/mol. The molecule has 0 aliphatic rings. The highest BCUT2D eigenvalue weighted by Crippen LogP contribution is 2.12. The second-order valence-electron chi connectivity index (χ2n) is 3.37. The second-order valence-corrected chi connectivity index (χ2v) is 4.22. The number of nitrogens with zero attached hydrogens (tertiary/aromatic N) is 1. The van der Waals surface area contributed by atoms with Crippen molar-refractivity contribution in [1.29, 1.82) is 0 Å². The molecule has 0 aliphatic heterocycles.